The van der Waals surface area contributed by atoms with E-state index in [0.717, 1.165) is 0 Å². The second kappa shape index (κ2) is 7.18. The largest absolute Gasteiger partial charge is 0.481 e. The molecule has 0 bridgehead atoms. The van der Waals surface area contributed by atoms with E-state index in [2.05, 4.69) is 10.3 Å². The maximum atomic E-state index is 12.9. The van der Waals surface area contributed by atoms with Gasteiger partial charge in [0.15, 0.2) is 0 Å². The number of rotatable bonds is 6. The number of amides is 1. The Morgan fingerprint density at radius 3 is 1.96 bits per heavy atom. The third kappa shape index (κ3) is 3.46. The van der Waals surface area contributed by atoms with Crippen molar-refractivity contribution in [3.63, 3.8) is 0 Å². The summed E-state index contributed by atoms with van der Waals surface area (Å²) < 4.78 is 0. The highest BCUT2D eigenvalue weighted by Crippen LogP contribution is 2.26. The second-order valence-corrected chi connectivity index (χ2v) is 5.82. The fraction of sp³-hybridized carbons (Fsp3) is 0.158. The molecule has 0 fully saturated rings. The summed E-state index contributed by atoms with van der Waals surface area (Å²) >= 11 is 0. The maximum absolute atomic E-state index is 12.9. The van der Waals surface area contributed by atoms with Gasteiger partial charge in [0.25, 0.3) is 5.91 Å². The maximum Gasteiger partial charge on any atom is 0.326 e. The number of nitrogens with one attached hydrogen (secondary N) is 1. The van der Waals surface area contributed by atoms with E-state index in [9.17, 15) is 19.5 Å². The Morgan fingerprint density at radius 2 is 1.46 bits per heavy atom. The standard InChI is InChI=1S/C19H16N2O5/c22-16(23)10-9-15(19(25)26)21-18(24)17-11-5-1-3-7-13(11)20-14-8-4-2-6-12(14)17/h1-8,15H,9-10H2,(H,21,24)(H,22,23)(H,25,26)/t15-/m0/s1. The van der Waals surface area contributed by atoms with Gasteiger partial charge in [-0.2, -0.15) is 0 Å². The molecule has 3 rings (SSSR count). The molecule has 1 amide bonds. The first-order valence-corrected chi connectivity index (χ1v) is 8.00. The molecule has 0 radical (unpaired) electrons. The van der Waals surface area contributed by atoms with E-state index in [0.29, 0.717) is 27.4 Å². The van der Waals surface area contributed by atoms with Crippen molar-refractivity contribution in [3.05, 3.63) is 54.1 Å². The highest BCUT2D eigenvalue weighted by Gasteiger charge is 2.24. The Labute approximate surface area is 148 Å². The van der Waals surface area contributed by atoms with Crippen LogP contribution in [0.5, 0.6) is 0 Å². The molecule has 0 saturated carbocycles. The quantitative estimate of drug-likeness (QED) is 0.587. The van der Waals surface area contributed by atoms with Crippen LogP contribution in [0.3, 0.4) is 0 Å². The van der Waals surface area contributed by atoms with Crippen LogP contribution < -0.4 is 5.32 Å². The summed E-state index contributed by atoms with van der Waals surface area (Å²) in [5.74, 6) is -2.97. The van der Waals surface area contributed by atoms with Crippen LogP contribution in [0.1, 0.15) is 23.2 Å². The summed E-state index contributed by atoms with van der Waals surface area (Å²) in [5, 5.41) is 21.7. The molecule has 7 heteroatoms. The van der Waals surface area contributed by atoms with Gasteiger partial charge in [-0.05, 0) is 18.6 Å². The van der Waals surface area contributed by atoms with Crippen LogP contribution in [-0.2, 0) is 9.59 Å². The minimum absolute atomic E-state index is 0.197. The van der Waals surface area contributed by atoms with Crippen molar-refractivity contribution in [2.45, 2.75) is 18.9 Å². The van der Waals surface area contributed by atoms with Crippen molar-refractivity contribution in [3.8, 4) is 0 Å². The van der Waals surface area contributed by atoms with Crippen LogP contribution in [0.4, 0.5) is 0 Å². The molecule has 3 N–H and O–H groups in total. The van der Waals surface area contributed by atoms with Crippen molar-refractivity contribution in [2.75, 3.05) is 0 Å². The van der Waals surface area contributed by atoms with Gasteiger partial charge in [-0.25, -0.2) is 9.78 Å². The number of hydrogen-bond donors (Lipinski definition) is 3. The summed E-state index contributed by atoms with van der Waals surface area (Å²) in [6.45, 7) is 0. The number of aliphatic carboxylic acids is 2. The van der Waals surface area contributed by atoms with Gasteiger partial charge in [0, 0.05) is 17.2 Å². The highest BCUT2D eigenvalue weighted by atomic mass is 16.4. The lowest BCUT2D eigenvalue weighted by Crippen LogP contribution is -2.41. The molecule has 1 aromatic heterocycles. The van der Waals surface area contributed by atoms with Crippen LogP contribution in [0.15, 0.2) is 48.5 Å². The van der Waals surface area contributed by atoms with Gasteiger partial charge in [0.2, 0.25) is 0 Å². The molecule has 0 aliphatic carbocycles. The number of nitrogens with zero attached hydrogens (tertiary/aromatic N) is 1. The number of carbonyl (C=O) groups excluding carboxylic acids is 1. The Balaban J connectivity index is 2.05. The number of carbonyl (C=O) groups is 3. The van der Waals surface area contributed by atoms with E-state index in [1.54, 1.807) is 48.5 Å². The van der Waals surface area contributed by atoms with Crippen LogP contribution >= 0.6 is 0 Å². The zero-order chi connectivity index (χ0) is 18.7. The normalized spacial score (nSPS) is 12.0. The van der Waals surface area contributed by atoms with Crippen molar-refractivity contribution >= 4 is 39.7 Å². The van der Waals surface area contributed by atoms with E-state index < -0.39 is 23.9 Å². The lowest BCUT2D eigenvalue weighted by molar-refractivity contribution is -0.140. The number of carboxylic acid groups (broad SMARTS) is 2. The van der Waals surface area contributed by atoms with E-state index in [1.165, 1.54) is 0 Å². The van der Waals surface area contributed by atoms with E-state index in [1.807, 2.05) is 0 Å². The molecule has 7 nitrogen and oxygen atoms in total. The highest BCUT2D eigenvalue weighted by molar-refractivity contribution is 6.16. The number of benzene rings is 2. The summed E-state index contributed by atoms with van der Waals surface area (Å²) in [4.78, 5) is 39.5. The first kappa shape index (κ1) is 17.3. The predicted molar refractivity (Wildman–Crippen MR) is 95.0 cm³/mol. The molecular weight excluding hydrogens is 336 g/mol. The molecular formula is C19H16N2O5. The Bertz CT molecular complexity index is 961. The number of carboxylic acids is 2. The molecule has 1 heterocycles. The van der Waals surface area contributed by atoms with Gasteiger partial charge >= 0.3 is 11.9 Å². The van der Waals surface area contributed by atoms with Gasteiger partial charge in [-0.3, -0.25) is 9.59 Å². The fourth-order valence-electron chi connectivity index (χ4n) is 2.84. The lowest BCUT2D eigenvalue weighted by Gasteiger charge is -2.16. The topological polar surface area (TPSA) is 117 Å². The number of pyridine rings is 1. The average molecular weight is 352 g/mol. The first-order chi connectivity index (χ1) is 12.5. The molecule has 132 valence electrons. The second-order valence-electron chi connectivity index (χ2n) is 5.82. The van der Waals surface area contributed by atoms with Gasteiger partial charge in [-0.15, -0.1) is 0 Å². The molecule has 0 spiro atoms. The summed E-state index contributed by atoms with van der Waals surface area (Å²) in [6.07, 6.45) is -0.549. The predicted octanol–water partition coefficient (Wildman–Crippen LogP) is 2.44. The molecule has 0 aliphatic heterocycles. The number of hydrogen-bond acceptors (Lipinski definition) is 4. The zero-order valence-corrected chi connectivity index (χ0v) is 13.7. The van der Waals surface area contributed by atoms with E-state index in [-0.39, 0.29) is 12.8 Å². The molecule has 0 aliphatic rings. The van der Waals surface area contributed by atoms with Gasteiger partial charge in [0.05, 0.1) is 16.6 Å². The van der Waals surface area contributed by atoms with Gasteiger partial charge in [0.1, 0.15) is 6.04 Å². The van der Waals surface area contributed by atoms with Crippen molar-refractivity contribution in [1.82, 2.24) is 10.3 Å². The Hall–Kier alpha value is -3.48. The van der Waals surface area contributed by atoms with Crippen LogP contribution in [0, 0.1) is 0 Å². The Morgan fingerprint density at radius 1 is 0.923 bits per heavy atom. The third-order valence-electron chi connectivity index (χ3n) is 4.07. The van der Waals surface area contributed by atoms with Gasteiger partial charge < -0.3 is 15.5 Å². The molecule has 26 heavy (non-hydrogen) atoms. The zero-order valence-electron chi connectivity index (χ0n) is 13.7. The minimum atomic E-state index is -1.29. The molecule has 1 atom stereocenters. The first-order valence-electron chi connectivity index (χ1n) is 8.00. The number of fused-ring (bicyclic) bond motifs is 2. The monoisotopic (exact) mass is 352 g/mol. The van der Waals surface area contributed by atoms with Crippen LogP contribution in [0.2, 0.25) is 0 Å². The molecule has 2 aromatic carbocycles. The van der Waals surface area contributed by atoms with Gasteiger partial charge in [-0.1, -0.05) is 36.4 Å². The number of aromatic nitrogens is 1. The van der Waals surface area contributed by atoms with E-state index >= 15 is 0 Å². The fourth-order valence-corrected chi connectivity index (χ4v) is 2.84. The van der Waals surface area contributed by atoms with Crippen molar-refractivity contribution in [2.24, 2.45) is 0 Å². The number of para-hydroxylation sites is 2. The smallest absolute Gasteiger partial charge is 0.326 e. The molecule has 3 aromatic rings. The van der Waals surface area contributed by atoms with Crippen LogP contribution in [0.25, 0.3) is 21.8 Å². The summed E-state index contributed by atoms with van der Waals surface area (Å²) in [6, 6.07) is 12.9. The summed E-state index contributed by atoms with van der Waals surface area (Å²) in [5.41, 5.74) is 1.57. The minimum Gasteiger partial charge on any atom is -0.481 e. The van der Waals surface area contributed by atoms with E-state index in [4.69, 9.17) is 5.11 Å². The van der Waals surface area contributed by atoms with Crippen LogP contribution in [-0.4, -0.2) is 39.1 Å². The molecule has 0 saturated heterocycles. The average Bonchev–Trinajstić information content (AvgIpc) is 2.62. The lowest BCUT2D eigenvalue weighted by atomic mass is 10.0. The SMILES string of the molecule is O=C(O)CC[C@H](NC(=O)c1c2ccccc2nc2ccccc12)C(=O)O. The van der Waals surface area contributed by atoms with Crippen molar-refractivity contribution < 1.29 is 24.6 Å². The molecule has 0 unspecified atom stereocenters. The third-order valence-corrected chi connectivity index (χ3v) is 4.07. The summed E-state index contributed by atoms with van der Waals surface area (Å²) in [7, 11) is 0. The Kier molecular flexibility index (Phi) is 4.79. The van der Waals surface area contributed by atoms with Crippen molar-refractivity contribution in [1.29, 1.82) is 0 Å².